The highest BCUT2D eigenvalue weighted by atomic mass is 79.9. The summed E-state index contributed by atoms with van der Waals surface area (Å²) in [5.74, 6) is 0. The van der Waals surface area contributed by atoms with Gasteiger partial charge in [0.15, 0.2) is 0 Å². The van der Waals surface area contributed by atoms with E-state index in [1.165, 1.54) is 0 Å². The molecule has 0 unspecified atom stereocenters. The summed E-state index contributed by atoms with van der Waals surface area (Å²) in [6.45, 7) is 0. The Kier molecular flexibility index (Phi) is 3.58. The molecule has 0 bridgehead atoms. The van der Waals surface area contributed by atoms with Crippen molar-refractivity contribution in [2.75, 3.05) is 10.6 Å². The third-order valence-corrected chi connectivity index (χ3v) is 3.60. The molecular formula is C16H11BrN2O2. The normalized spacial score (nSPS) is 10.5. The standard InChI is InChI=1S/C16H11BrN2O2/c17-10-6-8-12(9-7-10)19-14-13(15(20)16(14)21)18-11-4-2-1-3-5-11/h1-9,18-19H. The van der Waals surface area contributed by atoms with Crippen molar-refractivity contribution in [1.82, 2.24) is 0 Å². The van der Waals surface area contributed by atoms with E-state index >= 15 is 0 Å². The average Bonchev–Trinajstić information content (AvgIpc) is 2.53. The zero-order valence-corrected chi connectivity index (χ0v) is 12.5. The first-order valence-corrected chi connectivity index (χ1v) is 7.12. The summed E-state index contributed by atoms with van der Waals surface area (Å²) in [6, 6.07) is 16.6. The van der Waals surface area contributed by atoms with Crippen molar-refractivity contribution in [1.29, 1.82) is 0 Å². The highest BCUT2D eigenvalue weighted by molar-refractivity contribution is 9.10. The Labute approximate surface area is 129 Å². The second kappa shape index (κ2) is 5.54. The van der Waals surface area contributed by atoms with Crippen LogP contribution < -0.4 is 21.5 Å². The summed E-state index contributed by atoms with van der Waals surface area (Å²) >= 11 is 3.35. The van der Waals surface area contributed by atoms with Crippen LogP contribution >= 0.6 is 15.9 Å². The van der Waals surface area contributed by atoms with Gasteiger partial charge >= 0.3 is 0 Å². The SMILES string of the molecule is O=c1c(Nc2ccccc2)c(Nc2ccc(Br)cc2)c1=O. The molecule has 0 aliphatic heterocycles. The van der Waals surface area contributed by atoms with Crippen molar-refractivity contribution in [3.05, 3.63) is 79.5 Å². The molecule has 21 heavy (non-hydrogen) atoms. The molecule has 0 aliphatic carbocycles. The summed E-state index contributed by atoms with van der Waals surface area (Å²) in [5, 5.41) is 5.96. The third kappa shape index (κ3) is 2.73. The van der Waals surface area contributed by atoms with E-state index in [2.05, 4.69) is 26.6 Å². The minimum atomic E-state index is -0.503. The first-order chi connectivity index (χ1) is 10.1. The number of anilines is 4. The van der Waals surface area contributed by atoms with E-state index in [0.717, 1.165) is 15.8 Å². The molecule has 5 heteroatoms. The monoisotopic (exact) mass is 342 g/mol. The van der Waals surface area contributed by atoms with Gasteiger partial charge in [-0.1, -0.05) is 34.1 Å². The summed E-state index contributed by atoms with van der Waals surface area (Å²) < 4.78 is 0.945. The van der Waals surface area contributed by atoms with Crippen LogP contribution in [0.3, 0.4) is 0 Å². The largest absolute Gasteiger partial charge is 0.350 e. The van der Waals surface area contributed by atoms with Gasteiger partial charge in [0, 0.05) is 15.8 Å². The number of halogens is 1. The highest BCUT2D eigenvalue weighted by Gasteiger charge is 2.21. The Morgan fingerprint density at radius 1 is 0.667 bits per heavy atom. The fourth-order valence-electron chi connectivity index (χ4n) is 1.97. The van der Waals surface area contributed by atoms with Gasteiger partial charge in [0.2, 0.25) is 0 Å². The van der Waals surface area contributed by atoms with Gasteiger partial charge in [-0.3, -0.25) is 9.59 Å². The molecule has 104 valence electrons. The van der Waals surface area contributed by atoms with Gasteiger partial charge in [-0.25, -0.2) is 0 Å². The van der Waals surface area contributed by atoms with Crippen molar-refractivity contribution >= 4 is 38.7 Å². The van der Waals surface area contributed by atoms with Crippen molar-refractivity contribution in [3.63, 3.8) is 0 Å². The van der Waals surface area contributed by atoms with Gasteiger partial charge in [0.25, 0.3) is 10.9 Å². The number of nitrogens with one attached hydrogen (secondary N) is 2. The van der Waals surface area contributed by atoms with Gasteiger partial charge in [-0.05, 0) is 36.4 Å². The van der Waals surface area contributed by atoms with Gasteiger partial charge in [0.05, 0.1) is 0 Å². The Hall–Kier alpha value is -2.40. The first-order valence-electron chi connectivity index (χ1n) is 6.33. The number of rotatable bonds is 4. The molecule has 0 aromatic heterocycles. The maximum absolute atomic E-state index is 11.7. The molecule has 2 N–H and O–H groups in total. The van der Waals surface area contributed by atoms with Crippen molar-refractivity contribution in [2.24, 2.45) is 0 Å². The lowest BCUT2D eigenvalue weighted by Gasteiger charge is -2.14. The lowest BCUT2D eigenvalue weighted by molar-refractivity contribution is 1.36. The van der Waals surface area contributed by atoms with Gasteiger partial charge < -0.3 is 10.6 Å². The van der Waals surface area contributed by atoms with Crippen LogP contribution in [0.2, 0.25) is 0 Å². The van der Waals surface area contributed by atoms with E-state index in [4.69, 9.17) is 0 Å². The fourth-order valence-corrected chi connectivity index (χ4v) is 2.24. The second-order valence-electron chi connectivity index (χ2n) is 4.53. The van der Waals surface area contributed by atoms with Gasteiger partial charge in [-0.15, -0.1) is 0 Å². The van der Waals surface area contributed by atoms with Gasteiger partial charge in [0.1, 0.15) is 11.4 Å². The number of hydrogen-bond donors (Lipinski definition) is 2. The molecule has 0 aliphatic rings. The maximum atomic E-state index is 11.7. The molecule has 0 fully saturated rings. The predicted molar refractivity (Wildman–Crippen MR) is 88.5 cm³/mol. The van der Waals surface area contributed by atoms with Crippen LogP contribution in [0.15, 0.2) is 68.7 Å². The summed E-state index contributed by atoms with van der Waals surface area (Å²) in [4.78, 5) is 23.4. The van der Waals surface area contributed by atoms with Crippen LogP contribution in [-0.4, -0.2) is 0 Å². The summed E-state index contributed by atoms with van der Waals surface area (Å²) in [5.41, 5.74) is 1.11. The molecule has 0 atom stereocenters. The Morgan fingerprint density at radius 2 is 1.14 bits per heavy atom. The Balaban J connectivity index is 1.87. The number of benzene rings is 2. The maximum Gasteiger partial charge on any atom is 0.253 e. The lowest BCUT2D eigenvalue weighted by atomic mass is 10.1. The van der Waals surface area contributed by atoms with E-state index in [1.54, 1.807) is 0 Å². The molecule has 4 nitrogen and oxygen atoms in total. The van der Waals surface area contributed by atoms with Crippen LogP contribution in [0.25, 0.3) is 0 Å². The molecule has 0 radical (unpaired) electrons. The second-order valence-corrected chi connectivity index (χ2v) is 5.45. The molecule has 0 amide bonds. The first kappa shape index (κ1) is 13.6. The van der Waals surface area contributed by atoms with Crippen LogP contribution in [0, 0.1) is 0 Å². The minimum Gasteiger partial charge on any atom is -0.350 e. The molecule has 3 rings (SSSR count). The lowest BCUT2D eigenvalue weighted by Crippen LogP contribution is -2.35. The molecular weight excluding hydrogens is 332 g/mol. The van der Waals surface area contributed by atoms with Crippen molar-refractivity contribution in [3.8, 4) is 0 Å². The van der Waals surface area contributed by atoms with E-state index in [0.29, 0.717) is 11.4 Å². The zero-order chi connectivity index (χ0) is 14.8. The topological polar surface area (TPSA) is 58.2 Å². The molecule has 0 heterocycles. The Bertz CT molecular complexity index is 835. The molecule has 0 spiro atoms. The van der Waals surface area contributed by atoms with E-state index in [-0.39, 0.29) is 0 Å². The number of hydrogen-bond acceptors (Lipinski definition) is 4. The fraction of sp³-hybridized carbons (Fsp3) is 0. The van der Waals surface area contributed by atoms with Crippen molar-refractivity contribution in [2.45, 2.75) is 0 Å². The van der Waals surface area contributed by atoms with Crippen LogP contribution in [0.5, 0.6) is 0 Å². The van der Waals surface area contributed by atoms with E-state index in [1.807, 2.05) is 54.6 Å². The summed E-state index contributed by atoms with van der Waals surface area (Å²) in [6.07, 6.45) is 0. The van der Waals surface area contributed by atoms with Crippen LogP contribution in [0.1, 0.15) is 0 Å². The minimum absolute atomic E-state index is 0.297. The molecule has 3 aromatic rings. The highest BCUT2D eigenvalue weighted by Crippen LogP contribution is 2.24. The predicted octanol–water partition coefficient (Wildman–Crippen LogP) is 3.53. The third-order valence-electron chi connectivity index (χ3n) is 3.07. The smallest absolute Gasteiger partial charge is 0.253 e. The van der Waals surface area contributed by atoms with E-state index < -0.39 is 10.9 Å². The quantitative estimate of drug-likeness (QED) is 0.712. The van der Waals surface area contributed by atoms with E-state index in [9.17, 15) is 9.59 Å². The average molecular weight is 343 g/mol. The molecule has 3 aromatic carbocycles. The molecule has 0 saturated carbocycles. The molecule has 0 saturated heterocycles. The van der Waals surface area contributed by atoms with Crippen LogP contribution in [-0.2, 0) is 0 Å². The summed E-state index contributed by atoms with van der Waals surface area (Å²) in [7, 11) is 0. The Morgan fingerprint density at radius 3 is 1.67 bits per heavy atom. The number of para-hydroxylation sites is 1. The van der Waals surface area contributed by atoms with Gasteiger partial charge in [-0.2, -0.15) is 0 Å². The zero-order valence-electron chi connectivity index (χ0n) is 10.9. The van der Waals surface area contributed by atoms with Crippen LogP contribution in [0.4, 0.5) is 22.7 Å². The van der Waals surface area contributed by atoms with Crippen molar-refractivity contribution < 1.29 is 0 Å².